The lowest BCUT2D eigenvalue weighted by Crippen LogP contribution is -2.47. The molecule has 0 bridgehead atoms. The van der Waals surface area contributed by atoms with Gasteiger partial charge in [-0.1, -0.05) is 37.0 Å². The van der Waals surface area contributed by atoms with E-state index in [4.69, 9.17) is 20.9 Å². The number of aromatic nitrogens is 1. The number of ether oxygens (including phenoxy) is 2. The molecule has 39 heavy (non-hydrogen) atoms. The molecule has 10 nitrogen and oxygen atoms in total. The predicted molar refractivity (Wildman–Crippen MR) is 150 cm³/mol. The molecule has 5 N–H and O–H groups in total. The standard InChI is InChI=1S/C28H33N5O5S/c1-16-9-11-18(12-10-16)33(28(36)25-22(29)23(26(30)34)32-39-25)24(27(35)31-17-7-5-4-6-8-17)20-15-19(37-2)13-14-21(20)38-3/h9-15,17,24H,4-8,29H2,1-3H3,(H2,30,34)(H,31,35)/t24-/m0/s1. The van der Waals surface area contributed by atoms with Crippen LogP contribution in [-0.4, -0.2) is 42.4 Å². The fraction of sp³-hybridized carbons (Fsp3) is 0.357. The molecule has 1 saturated carbocycles. The fourth-order valence-electron chi connectivity index (χ4n) is 4.81. The third kappa shape index (κ3) is 5.98. The molecular weight excluding hydrogens is 518 g/mol. The van der Waals surface area contributed by atoms with Crippen LogP contribution in [0.5, 0.6) is 11.5 Å². The first-order valence-electron chi connectivity index (χ1n) is 12.7. The molecule has 1 aliphatic rings. The SMILES string of the molecule is COc1ccc(OC)c([C@@H](C(=O)NC2CCCCC2)N(C(=O)c2snc(C(N)=O)c2N)c2ccc(C)cc2)c1. The molecule has 0 unspecified atom stereocenters. The molecule has 0 spiro atoms. The number of benzene rings is 2. The monoisotopic (exact) mass is 551 g/mol. The van der Waals surface area contributed by atoms with Crippen LogP contribution in [0.4, 0.5) is 11.4 Å². The molecule has 206 valence electrons. The van der Waals surface area contributed by atoms with Crippen molar-refractivity contribution in [2.24, 2.45) is 5.73 Å². The van der Waals surface area contributed by atoms with Crippen LogP contribution in [0.25, 0.3) is 0 Å². The Morgan fingerprint density at radius 3 is 2.33 bits per heavy atom. The van der Waals surface area contributed by atoms with Crippen LogP contribution < -0.4 is 31.2 Å². The van der Waals surface area contributed by atoms with Crippen molar-refractivity contribution in [2.75, 3.05) is 24.9 Å². The summed E-state index contributed by atoms with van der Waals surface area (Å²) in [5, 5.41) is 3.17. The summed E-state index contributed by atoms with van der Waals surface area (Å²) >= 11 is 0.762. The lowest BCUT2D eigenvalue weighted by atomic mass is 9.94. The van der Waals surface area contributed by atoms with Crippen molar-refractivity contribution in [3.8, 4) is 11.5 Å². The van der Waals surface area contributed by atoms with E-state index >= 15 is 0 Å². The number of rotatable bonds is 9. The summed E-state index contributed by atoms with van der Waals surface area (Å²) < 4.78 is 15.1. The second-order valence-electron chi connectivity index (χ2n) is 9.50. The summed E-state index contributed by atoms with van der Waals surface area (Å²) in [6.45, 7) is 1.93. The van der Waals surface area contributed by atoms with Crippen molar-refractivity contribution in [3.63, 3.8) is 0 Å². The zero-order valence-electron chi connectivity index (χ0n) is 22.2. The average molecular weight is 552 g/mol. The molecule has 3 amide bonds. The van der Waals surface area contributed by atoms with Crippen molar-refractivity contribution < 1.29 is 23.9 Å². The van der Waals surface area contributed by atoms with Gasteiger partial charge in [-0.2, -0.15) is 4.37 Å². The van der Waals surface area contributed by atoms with Crippen molar-refractivity contribution in [3.05, 3.63) is 64.2 Å². The lowest BCUT2D eigenvalue weighted by Gasteiger charge is -2.34. The van der Waals surface area contributed by atoms with E-state index < -0.39 is 17.9 Å². The van der Waals surface area contributed by atoms with Gasteiger partial charge in [-0.15, -0.1) is 0 Å². The van der Waals surface area contributed by atoms with Gasteiger partial charge < -0.3 is 26.3 Å². The highest BCUT2D eigenvalue weighted by Crippen LogP contribution is 2.38. The van der Waals surface area contributed by atoms with Crippen molar-refractivity contribution in [1.82, 2.24) is 9.69 Å². The zero-order valence-corrected chi connectivity index (χ0v) is 23.0. The minimum absolute atomic E-state index is 0.00158. The van der Waals surface area contributed by atoms with Gasteiger partial charge in [0.2, 0.25) is 5.91 Å². The number of carbonyl (C=O) groups is 3. The second kappa shape index (κ2) is 12.2. The number of primary amides is 1. The summed E-state index contributed by atoms with van der Waals surface area (Å²) in [4.78, 5) is 41.6. The molecule has 0 saturated heterocycles. The van der Waals surface area contributed by atoms with Crippen LogP contribution in [0.2, 0.25) is 0 Å². The van der Waals surface area contributed by atoms with E-state index in [1.165, 1.54) is 19.1 Å². The third-order valence-corrected chi connectivity index (χ3v) is 7.73. The molecule has 2 aromatic carbocycles. The molecule has 3 aromatic rings. The van der Waals surface area contributed by atoms with Crippen LogP contribution in [0, 0.1) is 6.92 Å². The molecule has 1 aromatic heterocycles. The molecule has 0 aliphatic heterocycles. The van der Waals surface area contributed by atoms with Gasteiger partial charge in [0.05, 0.1) is 19.9 Å². The average Bonchev–Trinajstić information content (AvgIpc) is 3.33. The van der Waals surface area contributed by atoms with Gasteiger partial charge in [-0.25, -0.2) is 0 Å². The number of nitrogens with one attached hydrogen (secondary N) is 1. The van der Waals surface area contributed by atoms with Gasteiger partial charge >= 0.3 is 0 Å². The summed E-state index contributed by atoms with van der Waals surface area (Å²) in [6, 6.07) is 11.1. The van der Waals surface area contributed by atoms with Crippen LogP contribution in [0.15, 0.2) is 42.5 Å². The first-order chi connectivity index (χ1) is 18.7. The second-order valence-corrected chi connectivity index (χ2v) is 10.3. The number of carbonyl (C=O) groups excluding carboxylic acids is 3. The lowest BCUT2D eigenvalue weighted by molar-refractivity contribution is -0.123. The number of amides is 3. The van der Waals surface area contributed by atoms with Crippen LogP contribution in [-0.2, 0) is 4.79 Å². The maximum Gasteiger partial charge on any atom is 0.273 e. The van der Waals surface area contributed by atoms with Gasteiger partial charge in [-0.3, -0.25) is 19.3 Å². The van der Waals surface area contributed by atoms with Crippen LogP contribution in [0.1, 0.15) is 69.4 Å². The number of methoxy groups -OCH3 is 2. The Kier molecular flexibility index (Phi) is 8.70. The van der Waals surface area contributed by atoms with E-state index in [1.54, 1.807) is 30.3 Å². The summed E-state index contributed by atoms with van der Waals surface area (Å²) in [5.41, 5.74) is 13.1. The third-order valence-electron chi connectivity index (χ3n) is 6.88. The number of nitrogen functional groups attached to an aromatic ring is 1. The van der Waals surface area contributed by atoms with Crippen molar-refractivity contribution >= 4 is 40.6 Å². The first-order valence-corrected chi connectivity index (χ1v) is 13.5. The highest BCUT2D eigenvalue weighted by atomic mass is 32.1. The Morgan fingerprint density at radius 2 is 1.74 bits per heavy atom. The van der Waals surface area contributed by atoms with Gasteiger partial charge in [-0.05, 0) is 61.6 Å². The van der Waals surface area contributed by atoms with Crippen LogP contribution >= 0.6 is 11.5 Å². The smallest absolute Gasteiger partial charge is 0.273 e. The minimum atomic E-state index is -1.16. The molecule has 1 heterocycles. The molecule has 11 heteroatoms. The van der Waals surface area contributed by atoms with Gasteiger partial charge in [0.15, 0.2) is 5.69 Å². The van der Waals surface area contributed by atoms with Gasteiger partial charge in [0, 0.05) is 17.3 Å². The number of nitrogens with zero attached hydrogens (tertiary/aromatic N) is 2. The Labute approximate surface area is 231 Å². The number of nitrogens with two attached hydrogens (primary N) is 2. The highest BCUT2D eigenvalue weighted by molar-refractivity contribution is 7.09. The quantitative estimate of drug-likeness (QED) is 0.364. The van der Waals surface area contributed by atoms with E-state index in [0.717, 1.165) is 49.2 Å². The molecule has 1 fully saturated rings. The Bertz CT molecular complexity index is 1350. The Hall–Kier alpha value is -4.12. The zero-order chi connectivity index (χ0) is 28.1. The molecule has 0 radical (unpaired) electrons. The van der Waals surface area contributed by atoms with E-state index in [0.29, 0.717) is 22.7 Å². The maximum absolute atomic E-state index is 14.3. The predicted octanol–water partition coefficient (Wildman–Crippen LogP) is 3.99. The van der Waals surface area contributed by atoms with E-state index in [1.807, 2.05) is 19.1 Å². The van der Waals surface area contributed by atoms with Crippen molar-refractivity contribution in [2.45, 2.75) is 51.1 Å². The topological polar surface area (TPSA) is 150 Å². The fourth-order valence-corrected chi connectivity index (χ4v) is 5.55. The number of anilines is 2. The Balaban J connectivity index is 1.91. The van der Waals surface area contributed by atoms with Crippen molar-refractivity contribution in [1.29, 1.82) is 0 Å². The van der Waals surface area contributed by atoms with Crippen LogP contribution in [0.3, 0.4) is 0 Å². The molecular formula is C28H33N5O5S. The minimum Gasteiger partial charge on any atom is -0.497 e. The largest absolute Gasteiger partial charge is 0.497 e. The number of hydrogen-bond donors (Lipinski definition) is 3. The Morgan fingerprint density at radius 1 is 1.05 bits per heavy atom. The normalized spacial score (nSPS) is 14.3. The van der Waals surface area contributed by atoms with E-state index in [-0.39, 0.29) is 28.2 Å². The van der Waals surface area contributed by atoms with E-state index in [9.17, 15) is 14.4 Å². The molecule has 4 rings (SSSR count). The number of aryl methyl sites for hydroxylation is 1. The molecule has 1 atom stereocenters. The van der Waals surface area contributed by atoms with Gasteiger partial charge in [0.25, 0.3) is 11.8 Å². The summed E-state index contributed by atoms with van der Waals surface area (Å²) in [6.07, 6.45) is 4.88. The highest BCUT2D eigenvalue weighted by Gasteiger charge is 2.38. The first kappa shape index (κ1) is 27.9. The van der Waals surface area contributed by atoms with Gasteiger partial charge in [0.1, 0.15) is 22.4 Å². The molecule has 1 aliphatic carbocycles. The maximum atomic E-state index is 14.3. The van der Waals surface area contributed by atoms with E-state index in [2.05, 4.69) is 9.69 Å². The summed E-state index contributed by atoms with van der Waals surface area (Å²) in [7, 11) is 3.02. The summed E-state index contributed by atoms with van der Waals surface area (Å²) in [5.74, 6) is -0.924. The number of hydrogen-bond acceptors (Lipinski definition) is 8.